The van der Waals surface area contributed by atoms with Crippen LogP contribution in [0.25, 0.3) is 0 Å². The molecule has 1 amide bonds. The second-order valence-electron chi connectivity index (χ2n) is 5.66. The molecule has 1 saturated heterocycles. The second-order valence-corrected chi connectivity index (χ2v) is 5.66. The number of primary amides is 1. The molecule has 1 heterocycles. The van der Waals surface area contributed by atoms with E-state index < -0.39 is 0 Å². The number of anilines is 1. The SMILES string of the molecule is NC(=O)c1ccc(CN2CCN(c3ccccc3)CC2)cc1. The molecular formula is C18H21N3O. The summed E-state index contributed by atoms with van der Waals surface area (Å²) in [4.78, 5) is 15.9. The fraction of sp³-hybridized carbons (Fsp3) is 0.278. The van der Waals surface area contributed by atoms with Gasteiger partial charge in [-0.3, -0.25) is 9.69 Å². The van der Waals surface area contributed by atoms with Gasteiger partial charge in [-0.25, -0.2) is 0 Å². The zero-order valence-electron chi connectivity index (χ0n) is 12.6. The van der Waals surface area contributed by atoms with E-state index in [1.54, 1.807) is 12.1 Å². The van der Waals surface area contributed by atoms with Crippen molar-refractivity contribution in [1.29, 1.82) is 0 Å². The van der Waals surface area contributed by atoms with E-state index >= 15 is 0 Å². The van der Waals surface area contributed by atoms with Gasteiger partial charge in [0, 0.05) is 44.0 Å². The van der Waals surface area contributed by atoms with E-state index in [0.717, 1.165) is 32.7 Å². The first kappa shape index (κ1) is 14.6. The van der Waals surface area contributed by atoms with Gasteiger partial charge >= 0.3 is 0 Å². The molecule has 3 rings (SSSR count). The standard InChI is InChI=1S/C18H21N3O/c19-18(22)16-8-6-15(7-9-16)14-20-10-12-21(13-11-20)17-4-2-1-3-5-17/h1-9H,10-14H2,(H2,19,22). The lowest BCUT2D eigenvalue weighted by Crippen LogP contribution is -2.45. The summed E-state index contributed by atoms with van der Waals surface area (Å²) in [7, 11) is 0. The molecule has 0 aliphatic carbocycles. The lowest BCUT2D eigenvalue weighted by Gasteiger charge is -2.36. The second kappa shape index (κ2) is 6.62. The zero-order chi connectivity index (χ0) is 15.4. The number of rotatable bonds is 4. The number of para-hydroxylation sites is 1. The van der Waals surface area contributed by atoms with E-state index in [-0.39, 0.29) is 5.91 Å². The molecule has 1 aliphatic heterocycles. The number of carbonyl (C=O) groups is 1. The van der Waals surface area contributed by atoms with Gasteiger partial charge in [0.05, 0.1) is 0 Å². The molecule has 0 saturated carbocycles. The van der Waals surface area contributed by atoms with Gasteiger partial charge < -0.3 is 10.6 Å². The number of hydrogen-bond donors (Lipinski definition) is 1. The van der Waals surface area contributed by atoms with Crippen LogP contribution in [0.4, 0.5) is 5.69 Å². The number of benzene rings is 2. The van der Waals surface area contributed by atoms with Crippen LogP contribution >= 0.6 is 0 Å². The van der Waals surface area contributed by atoms with Gasteiger partial charge in [0.2, 0.25) is 5.91 Å². The van der Waals surface area contributed by atoms with Crippen molar-refractivity contribution in [3.8, 4) is 0 Å². The van der Waals surface area contributed by atoms with Crippen LogP contribution in [0.15, 0.2) is 54.6 Å². The molecule has 0 spiro atoms. The Kier molecular flexibility index (Phi) is 4.39. The molecule has 1 fully saturated rings. The maximum absolute atomic E-state index is 11.1. The molecule has 4 nitrogen and oxygen atoms in total. The highest BCUT2D eigenvalue weighted by atomic mass is 16.1. The molecule has 0 bridgehead atoms. The Bertz CT molecular complexity index is 617. The van der Waals surface area contributed by atoms with Crippen molar-refractivity contribution < 1.29 is 4.79 Å². The normalized spacial score (nSPS) is 15.7. The van der Waals surface area contributed by atoms with E-state index in [9.17, 15) is 4.79 Å². The predicted molar refractivity (Wildman–Crippen MR) is 88.9 cm³/mol. The molecule has 0 aromatic heterocycles. The summed E-state index contributed by atoms with van der Waals surface area (Å²) in [6.45, 7) is 5.10. The maximum atomic E-state index is 11.1. The first-order valence-electron chi connectivity index (χ1n) is 7.63. The molecule has 2 aromatic rings. The third-order valence-electron chi connectivity index (χ3n) is 4.14. The van der Waals surface area contributed by atoms with Crippen LogP contribution in [0.1, 0.15) is 15.9 Å². The van der Waals surface area contributed by atoms with Crippen LogP contribution in [0.3, 0.4) is 0 Å². The molecule has 2 aromatic carbocycles. The molecular weight excluding hydrogens is 274 g/mol. The maximum Gasteiger partial charge on any atom is 0.248 e. The Morgan fingerprint density at radius 2 is 1.55 bits per heavy atom. The predicted octanol–water partition coefficient (Wildman–Crippen LogP) is 2.11. The van der Waals surface area contributed by atoms with Gasteiger partial charge in [-0.05, 0) is 29.8 Å². The van der Waals surface area contributed by atoms with Crippen LogP contribution in [-0.2, 0) is 6.54 Å². The minimum atomic E-state index is -0.372. The van der Waals surface area contributed by atoms with Crippen molar-refractivity contribution in [2.45, 2.75) is 6.54 Å². The van der Waals surface area contributed by atoms with Crippen LogP contribution in [0.5, 0.6) is 0 Å². The fourth-order valence-electron chi connectivity index (χ4n) is 2.84. The summed E-state index contributed by atoms with van der Waals surface area (Å²) in [5.41, 5.74) is 8.35. The first-order chi connectivity index (χ1) is 10.7. The van der Waals surface area contributed by atoms with E-state index in [2.05, 4.69) is 40.1 Å². The lowest BCUT2D eigenvalue weighted by atomic mass is 10.1. The van der Waals surface area contributed by atoms with Crippen molar-refractivity contribution in [3.05, 3.63) is 65.7 Å². The van der Waals surface area contributed by atoms with Crippen LogP contribution in [0, 0.1) is 0 Å². The van der Waals surface area contributed by atoms with E-state index in [0.29, 0.717) is 5.56 Å². The topological polar surface area (TPSA) is 49.6 Å². The Morgan fingerprint density at radius 3 is 2.14 bits per heavy atom. The summed E-state index contributed by atoms with van der Waals surface area (Å²) in [6, 6.07) is 18.1. The van der Waals surface area contributed by atoms with Gasteiger partial charge in [0.15, 0.2) is 0 Å². The molecule has 22 heavy (non-hydrogen) atoms. The number of carbonyl (C=O) groups excluding carboxylic acids is 1. The molecule has 0 unspecified atom stereocenters. The summed E-state index contributed by atoms with van der Waals surface area (Å²) in [6.07, 6.45) is 0. The van der Waals surface area contributed by atoms with Crippen molar-refractivity contribution in [2.24, 2.45) is 5.73 Å². The minimum Gasteiger partial charge on any atom is -0.369 e. The summed E-state index contributed by atoms with van der Waals surface area (Å²) < 4.78 is 0. The average Bonchev–Trinajstić information content (AvgIpc) is 2.57. The van der Waals surface area contributed by atoms with Crippen LogP contribution in [0.2, 0.25) is 0 Å². The number of nitrogens with two attached hydrogens (primary N) is 1. The Hall–Kier alpha value is -2.33. The first-order valence-corrected chi connectivity index (χ1v) is 7.63. The summed E-state index contributed by atoms with van der Waals surface area (Å²) >= 11 is 0. The van der Waals surface area contributed by atoms with E-state index in [4.69, 9.17) is 5.73 Å². The largest absolute Gasteiger partial charge is 0.369 e. The molecule has 0 radical (unpaired) electrons. The monoisotopic (exact) mass is 295 g/mol. The van der Waals surface area contributed by atoms with Crippen molar-refractivity contribution in [2.75, 3.05) is 31.1 Å². The number of nitrogens with zero attached hydrogens (tertiary/aromatic N) is 2. The van der Waals surface area contributed by atoms with Gasteiger partial charge in [-0.2, -0.15) is 0 Å². The average molecular weight is 295 g/mol. The zero-order valence-corrected chi connectivity index (χ0v) is 12.6. The van der Waals surface area contributed by atoms with Crippen molar-refractivity contribution in [1.82, 2.24) is 4.90 Å². The highest BCUT2D eigenvalue weighted by molar-refractivity contribution is 5.92. The number of piperazine rings is 1. The summed E-state index contributed by atoms with van der Waals surface area (Å²) in [5, 5.41) is 0. The molecule has 0 atom stereocenters. The third-order valence-corrected chi connectivity index (χ3v) is 4.14. The van der Waals surface area contributed by atoms with Gasteiger partial charge in [-0.1, -0.05) is 30.3 Å². The molecule has 114 valence electrons. The Labute approximate surface area is 131 Å². The highest BCUT2D eigenvalue weighted by Crippen LogP contribution is 2.16. The molecule has 2 N–H and O–H groups in total. The van der Waals surface area contributed by atoms with E-state index in [1.807, 2.05) is 12.1 Å². The Balaban J connectivity index is 1.54. The Morgan fingerprint density at radius 1 is 0.909 bits per heavy atom. The van der Waals surface area contributed by atoms with Crippen molar-refractivity contribution in [3.63, 3.8) is 0 Å². The number of hydrogen-bond acceptors (Lipinski definition) is 3. The van der Waals surface area contributed by atoms with Gasteiger partial charge in [0.1, 0.15) is 0 Å². The highest BCUT2D eigenvalue weighted by Gasteiger charge is 2.17. The molecule has 4 heteroatoms. The van der Waals surface area contributed by atoms with Gasteiger partial charge in [-0.15, -0.1) is 0 Å². The fourth-order valence-corrected chi connectivity index (χ4v) is 2.84. The van der Waals surface area contributed by atoms with Gasteiger partial charge in [0.25, 0.3) is 0 Å². The minimum absolute atomic E-state index is 0.372. The third kappa shape index (κ3) is 3.46. The van der Waals surface area contributed by atoms with Crippen LogP contribution in [-0.4, -0.2) is 37.0 Å². The number of amides is 1. The molecule has 1 aliphatic rings. The van der Waals surface area contributed by atoms with Crippen LogP contribution < -0.4 is 10.6 Å². The summed E-state index contributed by atoms with van der Waals surface area (Å²) in [5.74, 6) is -0.372. The van der Waals surface area contributed by atoms with E-state index in [1.165, 1.54) is 11.3 Å². The quantitative estimate of drug-likeness (QED) is 0.940. The van der Waals surface area contributed by atoms with Crippen molar-refractivity contribution >= 4 is 11.6 Å². The smallest absolute Gasteiger partial charge is 0.248 e. The lowest BCUT2D eigenvalue weighted by molar-refractivity contribution is 0.100.